The molecule has 2 aromatic carbocycles. The molecular formula is C20H18N4O3. The second-order valence-electron chi connectivity index (χ2n) is 5.98. The van der Waals surface area contributed by atoms with E-state index >= 15 is 0 Å². The molecule has 0 atom stereocenters. The van der Waals surface area contributed by atoms with Crippen molar-refractivity contribution >= 4 is 17.6 Å². The lowest BCUT2D eigenvalue weighted by molar-refractivity contribution is 0.0843. The minimum absolute atomic E-state index is 0.182. The van der Waals surface area contributed by atoms with Crippen molar-refractivity contribution in [3.63, 3.8) is 0 Å². The number of benzene rings is 2. The molecule has 27 heavy (non-hydrogen) atoms. The van der Waals surface area contributed by atoms with Crippen LogP contribution in [0, 0.1) is 6.92 Å². The number of hydrogen-bond donors (Lipinski definition) is 2. The van der Waals surface area contributed by atoms with Gasteiger partial charge in [0.25, 0.3) is 11.8 Å². The van der Waals surface area contributed by atoms with Gasteiger partial charge in [0.2, 0.25) is 0 Å². The molecule has 0 saturated heterocycles. The molecule has 7 nitrogen and oxygen atoms in total. The van der Waals surface area contributed by atoms with Gasteiger partial charge in [-0.05, 0) is 25.1 Å². The Morgan fingerprint density at radius 1 is 0.815 bits per heavy atom. The van der Waals surface area contributed by atoms with Crippen molar-refractivity contribution in [3.8, 4) is 0 Å². The first-order valence-corrected chi connectivity index (χ1v) is 8.27. The van der Waals surface area contributed by atoms with Gasteiger partial charge in [0.1, 0.15) is 0 Å². The number of aryl methyl sites for hydroxylation is 2. The topological polar surface area (TPSA) is 93.1 Å². The lowest BCUT2D eigenvalue weighted by Crippen LogP contribution is -2.41. The van der Waals surface area contributed by atoms with Crippen molar-refractivity contribution in [2.24, 2.45) is 7.05 Å². The number of nitrogens with zero attached hydrogens (tertiary/aromatic N) is 2. The van der Waals surface area contributed by atoms with E-state index in [1.807, 2.05) is 13.0 Å². The first kappa shape index (κ1) is 18.1. The molecular weight excluding hydrogens is 344 g/mol. The minimum atomic E-state index is -0.529. The van der Waals surface area contributed by atoms with Crippen LogP contribution in [0.4, 0.5) is 0 Å². The van der Waals surface area contributed by atoms with Crippen molar-refractivity contribution in [3.05, 3.63) is 88.7 Å². The van der Waals surface area contributed by atoms with Crippen molar-refractivity contribution in [1.82, 2.24) is 20.6 Å². The molecule has 0 bridgehead atoms. The first-order chi connectivity index (χ1) is 13.0. The molecule has 2 N–H and O–H groups in total. The summed E-state index contributed by atoms with van der Waals surface area (Å²) in [7, 11) is 1.72. The fourth-order valence-corrected chi connectivity index (χ4v) is 2.48. The van der Waals surface area contributed by atoms with Crippen LogP contribution in [0.1, 0.15) is 42.5 Å². The Morgan fingerprint density at radius 3 is 2.11 bits per heavy atom. The van der Waals surface area contributed by atoms with E-state index in [1.165, 1.54) is 6.07 Å². The Morgan fingerprint density at radius 2 is 1.44 bits per heavy atom. The number of rotatable bonds is 4. The molecule has 3 aromatic rings. The third-order valence-corrected chi connectivity index (χ3v) is 4.06. The van der Waals surface area contributed by atoms with Crippen LogP contribution >= 0.6 is 0 Å². The molecule has 0 aliphatic carbocycles. The fourth-order valence-electron chi connectivity index (χ4n) is 2.48. The number of carbonyl (C=O) groups excluding carboxylic acids is 3. The fraction of sp³-hybridized carbons (Fsp3) is 0.100. The quantitative estimate of drug-likeness (QED) is 0.549. The van der Waals surface area contributed by atoms with E-state index in [-0.39, 0.29) is 17.0 Å². The van der Waals surface area contributed by atoms with Crippen LogP contribution in [0.15, 0.2) is 60.7 Å². The Labute approximate surface area is 156 Å². The second-order valence-corrected chi connectivity index (χ2v) is 5.98. The van der Waals surface area contributed by atoms with Crippen LogP contribution in [0.5, 0.6) is 0 Å². The van der Waals surface area contributed by atoms with Crippen molar-refractivity contribution in [2.75, 3.05) is 0 Å². The number of carbonyl (C=O) groups is 3. The van der Waals surface area contributed by atoms with Crippen molar-refractivity contribution in [2.45, 2.75) is 6.92 Å². The van der Waals surface area contributed by atoms with E-state index in [4.69, 9.17) is 0 Å². The van der Waals surface area contributed by atoms with Gasteiger partial charge in [-0.15, -0.1) is 0 Å². The normalized spacial score (nSPS) is 10.3. The number of ketones is 1. The maximum Gasteiger partial charge on any atom is 0.290 e. The van der Waals surface area contributed by atoms with Gasteiger partial charge < -0.3 is 0 Å². The Hall–Kier alpha value is -3.74. The average molecular weight is 362 g/mol. The van der Waals surface area contributed by atoms with Gasteiger partial charge in [0.05, 0.1) is 0 Å². The monoisotopic (exact) mass is 362 g/mol. The average Bonchev–Trinajstić information content (AvgIpc) is 3.04. The second kappa shape index (κ2) is 7.65. The van der Waals surface area contributed by atoms with E-state index in [1.54, 1.807) is 60.3 Å². The summed E-state index contributed by atoms with van der Waals surface area (Å²) in [5.41, 5.74) is 6.85. The predicted octanol–water partition coefficient (Wildman–Crippen LogP) is 2.03. The zero-order chi connectivity index (χ0) is 19.4. The van der Waals surface area contributed by atoms with Crippen LogP contribution in [0.2, 0.25) is 0 Å². The molecule has 0 fully saturated rings. The molecule has 0 saturated carbocycles. The lowest BCUT2D eigenvalue weighted by Gasteiger charge is -2.07. The molecule has 7 heteroatoms. The van der Waals surface area contributed by atoms with Crippen LogP contribution in [-0.4, -0.2) is 27.4 Å². The summed E-state index contributed by atoms with van der Waals surface area (Å²) in [6.07, 6.45) is 0. The molecule has 136 valence electrons. The summed E-state index contributed by atoms with van der Waals surface area (Å²) < 4.78 is 1.56. The smallest absolute Gasteiger partial charge is 0.289 e. The molecule has 1 aromatic heterocycles. The Balaban J connectivity index is 1.68. The maximum atomic E-state index is 12.5. The molecule has 0 unspecified atom stereocenters. The Bertz CT molecular complexity index is 990. The van der Waals surface area contributed by atoms with Gasteiger partial charge in [-0.1, -0.05) is 42.5 Å². The van der Waals surface area contributed by atoms with Crippen LogP contribution in [-0.2, 0) is 7.05 Å². The number of nitrogens with one attached hydrogen (secondary N) is 2. The number of hydrogen-bond acceptors (Lipinski definition) is 4. The van der Waals surface area contributed by atoms with Gasteiger partial charge in [-0.3, -0.25) is 29.9 Å². The molecule has 2 amide bonds. The first-order valence-electron chi connectivity index (χ1n) is 8.27. The molecule has 0 radical (unpaired) electrons. The number of amides is 2. The largest absolute Gasteiger partial charge is 0.290 e. The van der Waals surface area contributed by atoms with E-state index < -0.39 is 11.8 Å². The summed E-state index contributed by atoms with van der Waals surface area (Å²) in [5, 5.41) is 4.04. The van der Waals surface area contributed by atoms with Crippen LogP contribution in [0.3, 0.4) is 0 Å². The van der Waals surface area contributed by atoms with Gasteiger partial charge in [0.15, 0.2) is 11.5 Å². The zero-order valence-corrected chi connectivity index (χ0v) is 14.9. The summed E-state index contributed by atoms with van der Waals surface area (Å²) in [6, 6.07) is 16.7. The summed E-state index contributed by atoms with van der Waals surface area (Å²) in [5.74, 6) is -1.24. The van der Waals surface area contributed by atoms with Crippen molar-refractivity contribution < 1.29 is 14.4 Å². The highest BCUT2D eigenvalue weighted by Gasteiger charge is 2.14. The van der Waals surface area contributed by atoms with E-state index in [9.17, 15) is 14.4 Å². The van der Waals surface area contributed by atoms with Gasteiger partial charge in [-0.2, -0.15) is 5.10 Å². The summed E-state index contributed by atoms with van der Waals surface area (Å²) in [4.78, 5) is 36.8. The number of hydrazine groups is 1. The SMILES string of the molecule is Cc1cc(C(=O)NNC(=O)c2cccc(C(=O)c3ccccc3)c2)nn1C. The van der Waals surface area contributed by atoms with E-state index in [0.717, 1.165) is 5.69 Å². The molecule has 1 heterocycles. The van der Waals surface area contributed by atoms with Crippen LogP contribution in [0.25, 0.3) is 0 Å². The third kappa shape index (κ3) is 4.09. The molecule has 0 aliphatic heterocycles. The molecule has 0 spiro atoms. The summed E-state index contributed by atoms with van der Waals surface area (Å²) >= 11 is 0. The Kier molecular flexibility index (Phi) is 5.12. The highest BCUT2D eigenvalue weighted by molar-refractivity contribution is 6.10. The molecule has 0 aliphatic rings. The standard InChI is InChI=1S/C20H18N4O3/c1-13-11-17(23-24(13)2)20(27)22-21-19(26)16-10-6-9-15(12-16)18(25)14-7-4-3-5-8-14/h3-12H,1-2H3,(H,21,26)(H,22,27). The van der Waals surface area contributed by atoms with Gasteiger partial charge >= 0.3 is 0 Å². The minimum Gasteiger partial charge on any atom is -0.289 e. The lowest BCUT2D eigenvalue weighted by atomic mass is 10.0. The number of aromatic nitrogens is 2. The third-order valence-electron chi connectivity index (χ3n) is 4.06. The zero-order valence-electron chi connectivity index (χ0n) is 14.9. The van der Waals surface area contributed by atoms with Crippen molar-refractivity contribution in [1.29, 1.82) is 0 Å². The molecule has 3 rings (SSSR count). The van der Waals surface area contributed by atoms with Gasteiger partial charge in [-0.25, -0.2) is 0 Å². The van der Waals surface area contributed by atoms with Crippen LogP contribution < -0.4 is 10.9 Å². The van der Waals surface area contributed by atoms with Gasteiger partial charge in [0, 0.05) is 29.4 Å². The highest BCUT2D eigenvalue weighted by atomic mass is 16.2. The summed E-state index contributed by atoms with van der Waals surface area (Å²) in [6.45, 7) is 1.82. The maximum absolute atomic E-state index is 12.5. The van der Waals surface area contributed by atoms with E-state index in [0.29, 0.717) is 11.1 Å². The predicted molar refractivity (Wildman–Crippen MR) is 99.2 cm³/mol. The highest BCUT2D eigenvalue weighted by Crippen LogP contribution is 2.12. The van der Waals surface area contributed by atoms with E-state index in [2.05, 4.69) is 16.0 Å².